The molecule has 1 unspecified atom stereocenters. The molecule has 2 aromatic rings. The summed E-state index contributed by atoms with van der Waals surface area (Å²) in [5, 5.41) is 0. The molecule has 0 saturated carbocycles. The van der Waals surface area contributed by atoms with Crippen molar-refractivity contribution in [3.63, 3.8) is 0 Å². The highest BCUT2D eigenvalue weighted by Gasteiger charge is 2.11. The van der Waals surface area contributed by atoms with Gasteiger partial charge in [0.25, 0.3) is 0 Å². The van der Waals surface area contributed by atoms with E-state index in [0.29, 0.717) is 16.3 Å². The van der Waals surface area contributed by atoms with Gasteiger partial charge in [0.2, 0.25) is 0 Å². The van der Waals surface area contributed by atoms with Crippen molar-refractivity contribution in [3.05, 3.63) is 52.0 Å². The van der Waals surface area contributed by atoms with Gasteiger partial charge in [0.1, 0.15) is 5.75 Å². The van der Waals surface area contributed by atoms with Crippen molar-refractivity contribution in [2.24, 2.45) is 0 Å². The number of anilines is 1. The van der Waals surface area contributed by atoms with E-state index in [0.717, 1.165) is 21.3 Å². The molecule has 2 aromatic carbocycles. The molecule has 0 fully saturated rings. The van der Waals surface area contributed by atoms with Crippen molar-refractivity contribution >= 4 is 32.4 Å². The summed E-state index contributed by atoms with van der Waals surface area (Å²) < 4.78 is 18.5. The van der Waals surface area contributed by atoms with Gasteiger partial charge in [-0.25, -0.2) is 0 Å². The van der Waals surface area contributed by atoms with Gasteiger partial charge in [0.15, 0.2) is 0 Å². The zero-order valence-corrected chi connectivity index (χ0v) is 13.8. The monoisotopic (exact) mass is 353 g/mol. The van der Waals surface area contributed by atoms with Crippen molar-refractivity contribution in [3.8, 4) is 5.75 Å². The molecule has 0 spiro atoms. The molecule has 0 radical (unpaired) electrons. The summed E-state index contributed by atoms with van der Waals surface area (Å²) in [4.78, 5) is 0.692. The third kappa shape index (κ3) is 3.22. The molecule has 2 rings (SSSR count). The van der Waals surface area contributed by atoms with Gasteiger partial charge in [-0.2, -0.15) is 0 Å². The first-order valence-electron chi connectivity index (χ1n) is 6.09. The predicted octanol–water partition coefficient (Wildman–Crippen LogP) is 3.66. The molecule has 1 atom stereocenters. The third-order valence-electron chi connectivity index (χ3n) is 3.04. The third-order valence-corrected chi connectivity index (χ3v) is 5.11. The van der Waals surface area contributed by atoms with Crippen LogP contribution in [0.5, 0.6) is 5.75 Å². The highest BCUT2D eigenvalue weighted by Crippen LogP contribution is 2.28. The van der Waals surface area contributed by atoms with E-state index in [9.17, 15) is 4.21 Å². The summed E-state index contributed by atoms with van der Waals surface area (Å²) in [7, 11) is 0.457. The van der Waals surface area contributed by atoms with Crippen LogP contribution in [0.15, 0.2) is 45.8 Å². The normalized spacial score (nSPS) is 12.2. The minimum absolute atomic E-state index is 0.427. The zero-order valence-electron chi connectivity index (χ0n) is 11.4. The number of halogens is 1. The molecule has 0 saturated heterocycles. The van der Waals surface area contributed by atoms with Crippen LogP contribution in [0.2, 0.25) is 0 Å². The molecule has 0 aliphatic rings. The van der Waals surface area contributed by atoms with Crippen LogP contribution < -0.4 is 10.5 Å². The lowest BCUT2D eigenvalue weighted by atomic mass is 10.2. The largest absolute Gasteiger partial charge is 0.496 e. The Kier molecular flexibility index (Phi) is 4.83. The van der Waals surface area contributed by atoms with Crippen LogP contribution >= 0.6 is 15.9 Å². The molecule has 0 bridgehead atoms. The Morgan fingerprint density at radius 3 is 2.70 bits per heavy atom. The van der Waals surface area contributed by atoms with Crippen LogP contribution in [-0.4, -0.2) is 11.3 Å². The van der Waals surface area contributed by atoms with Crippen LogP contribution in [0.3, 0.4) is 0 Å². The van der Waals surface area contributed by atoms with Crippen LogP contribution in [-0.2, 0) is 16.6 Å². The Morgan fingerprint density at radius 1 is 1.30 bits per heavy atom. The quantitative estimate of drug-likeness (QED) is 0.853. The first-order valence-corrected chi connectivity index (χ1v) is 8.20. The minimum atomic E-state index is -1.16. The summed E-state index contributed by atoms with van der Waals surface area (Å²) in [6.07, 6.45) is 0. The van der Waals surface area contributed by atoms with E-state index in [2.05, 4.69) is 15.9 Å². The Balaban J connectivity index is 2.24. The zero-order chi connectivity index (χ0) is 14.7. The van der Waals surface area contributed by atoms with Gasteiger partial charge in [-0.05, 0) is 52.2 Å². The molecule has 5 heteroatoms. The van der Waals surface area contributed by atoms with Crippen molar-refractivity contribution in [1.29, 1.82) is 0 Å². The topological polar surface area (TPSA) is 52.3 Å². The SMILES string of the molecule is COc1ccc(CS(=O)c2cccc(C)c2N)cc1Br. The van der Waals surface area contributed by atoms with E-state index in [1.54, 1.807) is 7.11 Å². The fraction of sp³-hybridized carbons (Fsp3) is 0.200. The highest BCUT2D eigenvalue weighted by molar-refractivity contribution is 9.10. The van der Waals surface area contributed by atoms with Crippen molar-refractivity contribution < 1.29 is 8.95 Å². The maximum absolute atomic E-state index is 12.4. The molecule has 0 aromatic heterocycles. The number of hydrogen-bond acceptors (Lipinski definition) is 3. The number of nitrogens with two attached hydrogens (primary N) is 1. The maximum atomic E-state index is 12.4. The van der Waals surface area contributed by atoms with E-state index < -0.39 is 10.8 Å². The van der Waals surface area contributed by atoms with Crippen LogP contribution in [0.25, 0.3) is 0 Å². The second-order valence-electron chi connectivity index (χ2n) is 4.45. The molecule has 0 aliphatic heterocycles. The number of benzene rings is 2. The molecule has 0 heterocycles. The highest BCUT2D eigenvalue weighted by atomic mass is 79.9. The van der Waals surface area contributed by atoms with Crippen molar-refractivity contribution in [2.75, 3.05) is 12.8 Å². The van der Waals surface area contributed by atoms with E-state index in [1.807, 2.05) is 43.3 Å². The van der Waals surface area contributed by atoms with Crippen LogP contribution in [0.4, 0.5) is 5.69 Å². The van der Waals surface area contributed by atoms with Gasteiger partial charge < -0.3 is 10.5 Å². The second kappa shape index (κ2) is 6.41. The predicted molar refractivity (Wildman–Crippen MR) is 86.4 cm³/mol. The van der Waals surface area contributed by atoms with Crippen LogP contribution in [0.1, 0.15) is 11.1 Å². The van der Waals surface area contributed by atoms with Gasteiger partial charge in [0, 0.05) is 0 Å². The number of nitrogen functional groups attached to an aromatic ring is 1. The van der Waals surface area contributed by atoms with Crippen LogP contribution in [0, 0.1) is 6.92 Å². The van der Waals surface area contributed by atoms with E-state index in [1.165, 1.54) is 0 Å². The van der Waals surface area contributed by atoms with Gasteiger partial charge in [-0.1, -0.05) is 18.2 Å². The molecule has 2 N–H and O–H groups in total. The summed E-state index contributed by atoms with van der Waals surface area (Å²) in [5.41, 5.74) is 8.52. The Labute approximate surface area is 129 Å². The lowest BCUT2D eigenvalue weighted by Gasteiger charge is -2.09. The summed E-state index contributed by atoms with van der Waals surface area (Å²) >= 11 is 3.43. The average Bonchev–Trinajstić information content (AvgIpc) is 2.42. The summed E-state index contributed by atoms with van der Waals surface area (Å²) in [5.74, 6) is 1.19. The van der Waals surface area contributed by atoms with Gasteiger partial charge in [-0.3, -0.25) is 4.21 Å². The second-order valence-corrected chi connectivity index (χ2v) is 6.72. The fourth-order valence-electron chi connectivity index (χ4n) is 1.88. The Morgan fingerprint density at radius 2 is 2.05 bits per heavy atom. The smallest absolute Gasteiger partial charge is 0.133 e. The first kappa shape index (κ1) is 15.1. The van der Waals surface area contributed by atoms with Crippen molar-refractivity contribution in [2.45, 2.75) is 17.6 Å². The van der Waals surface area contributed by atoms with E-state index in [-0.39, 0.29) is 0 Å². The molecule has 0 amide bonds. The fourth-order valence-corrected chi connectivity index (χ4v) is 3.74. The molecular formula is C15H16BrNO2S. The molecule has 3 nitrogen and oxygen atoms in total. The van der Waals surface area contributed by atoms with Gasteiger partial charge in [0.05, 0.1) is 38.7 Å². The number of hydrogen-bond donors (Lipinski definition) is 1. The Bertz CT molecular complexity index is 658. The molecule has 20 heavy (non-hydrogen) atoms. The van der Waals surface area contributed by atoms with Crippen molar-refractivity contribution in [1.82, 2.24) is 0 Å². The number of ether oxygens (including phenoxy) is 1. The van der Waals surface area contributed by atoms with E-state index in [4.69, 9.17) is 10.5 Å². The standard InChI is InChI=1S/C15H16BrNO2S/c1-10-4-3-5-14(15(10)17)20(18)9-11-6-7-13(19-2)12(16)8-11/h3-8H,9,17H2,1-2H3. The average molecular weight is 354 g/mol. The lowest BCUT2D eigenvalue weighted by Crippen LogP contribution is -2.02. The first-order chi connectivity index (χ1) is 9.52. The number of methoxy groups -OCH3 is 1. The molecular weight excluding hydrogens is 338 g/mol. The van der Waals surface area contributed by atoms with Gasteiger partial charge in [-0.15, -0.1) is 0 Å². The molecule has 106 valence electrons. The molecule has 0 aliphatic carbocycles. The summed E-state index contributed by atoms with van der Waals surface area (Å²) in [6.45, 7) is 1.92. The number of aryl methyl sites for hydroxylation is 1. The lowest BCUT2D eigenvalue weighted by molar-refractivity contribution is 0.412. The van der Waals surface area contributed by atoms with E-state index >= 15 is 0 Å². The number of rotatable bonds is 4. The van der Waals surface area contributed by atoms with Gasteiger partial charge >= 0.3 is 0 Å². The minimum Gasteiger partial charge on any atom is -0.496 e. The summed E-state index contributed by atoms with van der Waals surface area (Å²) in [6, 6.07) is 11.3. The maximum Gasteiger partial charge on any atom is 0.133 e. The number of para-hydroxylation sites is 1. The Hall–Kier alpha value is -1.33.